The first-order chi connectivity index (χ1) is 13.6. The van der Waals surface area contributed by atoms with Crippen molar-refractivity contribution in [1.29, 1.82) is 0 Å². The number of halogens is 1. The van der Waals surface area contributed by atoms with Crippen LogP contribution in [-0.4, -0.2) is 28.3 Å². The summed E-state index contributed by atoms with van der Waals surface area (Å²) >= 11 is 1.69. The Morgan fingerprint density at radius 3 is 2.54 bits per heavy atom. The van der Waals surface area contributed by atoms with Crippen molar-refractivity contribution < 1.29 is 9.18 Å². The monoisotopic (exact) mass is 397 g/mol. The smallest absolute Gasteiger partial charge is 0.316 e. The zero-order chi connectivity index (χ0) is 19.5. The largest absolute Gasteiger partial charge is 0.322 e. The SMILES string of the molecule is C=CSN1CCC(c2ccc(NC(=O)N3Cc4ccc(F)cc4C3)cc2)CC1. The number of benzene rings is 2. The molecule has 146 valence electrons. The molecule has 0 saturated carbocycles. The third-order valence-corrected chi connectivity index (χ3v) is 6.30. The molecule has 0 aliphatic carbocycles. The van der Waals surface area contributed by atoms with Crippen LogP contribution < -0.4 is 5.32 Å². The number of hydrogen-bond donors (Lipinski definition) is 1. The predicted octanol–water partition coefficient (Wildman–Crippen LogP) is 5.34. The first-order valence-electron chi connectivity index (χ1n) is 9.58. The molecule has 4 nitrogen and oxygen atoms in total. The third kappa shape index (κ3) is 4.23. The van der Waals surface area contributed by atoms with Gasteiger partial charge in [-0.1, -0.05) is 36.7 Å². The summed E-state index contributed by atoms with van der Waals surface area (Å²) < 4.78 is 15.7. The molecule has 4 rings (SSSR count). The minimum absolute atomic E-state index is 0.154. The maximum Gasteiger partial charge on any atom is 0.322 e. The van der Waals surface area contributed by atoms with E-state index in [0.29, 0.717) is 19.0 Å². The van der Waals surface area contributed by atoms with Gasteiger partial charge in [-0.2, -0.15) is 0 Å². The lowest BCUT2D eigenvalue weighted by Gasteiger charge is -2.30. The number of rotatable bonds is 4. The molecule has 0 aromatic heterocycles. The number of carbonyl (C=O) groups excluding carboxylic acids is 1. The predicted molar refractivity (Wildman–Crippen MR) is 112 cm³/mol. The van der Waals surface area contributed by atoms with Crippen molar-refractivity contribution in [3.8, 4) is 0 Å². The van der Waals surface area contributed by atoms with Gasteiger partial charge in [0.2, 0.25) is 0 Å². The van der Waals surface area contributed by atoms with Gasteiger partial charge in [-0.05, 0) is 65.1 Å². The number of carbonyl (C=O) groups is 1. The van der Waals surface area contributed by atoms with Gasteiger partial charge in [0.1, 0.15) is 5.82 Å². The van der Waals surface area contributed by atoms with Crippen LogP contribution in [0.15, 0.2) is 54.5 Å². The van der Waals surface area contributed by atoms with E-state index in [1.54, 1.807) is 22.9 Å². The van der Waals surface area contributed by atoms with E-state index in [2.05, 4.69) is 28.3 Å². The average Bonchev–Trinajstić information content (AvgIpc) is 3.13. The second kappa shape index (κ2) is 8.37. The Labute approximate surface area is 169 Å². The van der Waals surface area contributed by atoms with E-state index in [1.807, 2.05) is 17.5 Å². The first kappa shape index (κ1) is 19.0. The van der Waals surface area contributed by atoms with Crippen LogP contribution in [0.5, 0.6) is 0 Å². The quantitative estimate of drug-likeness (QED) is 0.707. The van der Waals surface area contributed by atoms with Gasteiger partial charge in [0.05, 0.1) is 0 Å². The average molecular weight is 398 g/mol. The molecule has 0 spiro atoms. The Hall–Kier alpha value is -2.31. The number of nitrogens with one attached hydrogen (secondary N) is 1. The molecule has 0 radical (unpaired) electrons. The molecule has 2 aromatic rings. The van der Waals surface area contributed by atoms with E-state index in [9.17, 15) is 9.18 Å². The molecule has 2 aromatic carbocycles. The summed E-state index contributed by atoms with van der Waals surface area (Å²) in [6, 6.07) is 12.7. The highest BCUT2D eigenvalue weighted by molar-refractivity contribution is 7.99. The maximum atomic E-state index is 13.4. The zero-order valence-corrected chi connectivity index (χ0v) is 16.6. The molecule has 2 aliphatic rings. The summed E-state index contributed by atoms with van der Waals surface area (Å²) in [4.78, 5) is 14.3. The van der Waals surface area contributed by atoms with Gasteiger partial charge in [-0.15, -0.1) is 0 Å². The van der Waals surface area contributed by atoms with Gasteiger partial charge in [-0.3, -0.25) is 0 Å². The minimum Gasteiger partial charge on any atom is -0.316 e. The van der Waals surface area contributed by atoms with Crippen molar-refractivity contribution in [2.45, 2.75) is 31.8 Å². The lowest BCUT2D eigenvalue weighted by Crippen LogP contribution is -2.30. The van der Waals surface area contributed by atoms with Crippen LogP contribution in [0.25, 0.3) is 0 Å². The summed E-state index contributed by atoms with van der Waals surface area (Å²) in [5.41, 5.74) is 4.00. The van der Waals surface area contributed by atoms with Gasteiger partial charge >= 0.3 is 6.03 Å². The number of urea groups is 1. The Morgan fingerprint density at radius 1 is 1.11 bits per heavy atom. The number of piperidine rings is 1. The molecular formula is C22H24FN3OS. The van der Waals surface area contributed by atoms with Crippen LogP contribution in [0.2, 0.25) is 0 Å². The van der Waals surface area contributed by atoms with Crippen molar-refractivity contribution in [1.82, 2.24) is 9.21 Å². The van der Waals surface area contributed by atoms with Crippen LogP contribution in [0.4, 0.5) is 14.9 Å². The van der Waals surface area contributed by atoms with Gasteiger partial charge in [0.15, 0.2) is 0 Å². The van der Waals surface area contributed by atoms with Crippen LogP contribution in [0, 0.1) is 5.82 Å². The lowest BCUT2D eigenvalue weighted by molar-refractivity contribution is 0.212. The van der Waals surface area contributed by atoms with Gasteiger partial charge in [0, 0.05) is 31.9 Å². The fourth-order valence-electron chi connectivity index (χ4n) is 3.95. The van der Waals surface area contributed by atoms with Crippen LogP contribution in [0.3, 0.4) is 0 Å². The van der Waals surface area contributed by atoms with E-state index in [4.69, 9.17) is 0 Å². The van der Waals surface area contributed by atoms with E-state index < -0.39 is 0 Å². The number of amides is 2. The minimum atomic E-state index is -0.259. The Bertz CT molecular complexity index is 863. The Balaban J connectivity index is 1.32. The lowest BCUT2D eigenvalue weighted by atomic mass is 9.90. The molecule has 2 aliphatic heterocycles. The number of fused-ring (bicyclic) bond motifs is 1. The molecule has 1 fully saturated rings. The van der Waals surface area contributed by atoms with Crippen molar-refractivity contribution in [2.75, 3.05) is 18.4 Å². The highest BCUT2D eigenvalue weighted by atomic mass is 32.2. The van der Waals surface area contributed by atoms with Gasteiger partial charge in [-0.25, -0.2) is 13.5 Å². The molecule has 28 heavy (non-hydrogen) atoms. The molecular weight excluding hydrogens is 373 g/mol. The van der Waals surface area contributed by atoms with Crippen molar-refractivity contribution >= 4 is 23.7 Å². The molecule has 0 unspecified atom stereocenters. The van der Waals surface area contributed by atoms with Crippen molar-refractivity contribution in [2.24, 2.45) is 0 Å². The topological polar surface area (TPSA) is 35.6 Å². The van der Waals surface area contributed by atoms with Gasteiger partial charge in [0.25, 0.3) is 0 Å². The molecule has 0 atom stereocenters. The van der Waals surface area contributed by atoms with E-state index in [1.165, 1.54) is 17.7 Å². The Kier molecular flexibility index (Phi) is 5.69. The molecule has 1 N–H and O–H groups in total. The molecule has 2 heterocycles. The summed E-state index contributed by atoms with van der Waals surface area (Å²) in [7, 11) is 0. The summed E-state index contributed by atoms with van der Waals surface area (Å²) in [5.74, 6) is 0.305. The number of anilines is 1. The molecule has 6 heteroatoms. The fourth-order valence-corrected chi connectivity index (χ4v) is 4.58. The van der Waals surface area contributed by atoms with Crippen LogP contribution in [-0.2, 0) is 13.1 Å². The fraction of sp³-hybridized carbons (Fsp3) is 0.318. The number of nitrogens with zero attached hydrogens (tertiary/aromatic N) is 2. The second-order valence-corrected chi connectivity index (χ2v) is 8.36. The number of hydrogen-bond acceptors (Lipinski definition) is 3. The van der Waals surface area contributed by atoms with Gasteiger partial charge < -0.3 is 10.2 Å². The molecule has 1 saturated heterocycles. The summed E-state index contributed by atoms with van der Waals surface area (Å²) in [6.45, 7) is 6.86. The van der Waals surface area contributed by atoms with Crippen LogP contribution >= 0.6 is 11.9 Å². The zero-order valence-electron chi connectivity index (χ0n) is 15.7. The van der Waals surface area contributed by atoms with Crippen molar-refractivity contribution in [3.05, 3.63) is 77.0 Å². The standard InChI is InChI=1S/C22H24FN3OS/c1-2-28-26-11-9-17(10-12-26)16-4-7-21(8-5-16)24-22(27)25-14-18-3-6-20(23)13-19(18)15-25/h2-8,13,17H,1,9-12,14-15H2,(H,24,27). The van der Waals surface area contributed by atoms with E-state index in [-0.39, 0.29) is 11.8 Å². The molecule has 2 amide bonds. The second-order valence-electron chi connectivity index (χ2n) is 7.30. The Morgan fingerprint density at radius 2 is 1.82 bits per heavy atom. The van der Waals surface area contributed by atoms with E-state index in [0.717, 1.165) is 42.7 Å². The normalized spacial score (nSPS) is 17.4. The highest BCUT2D eigenvalue weighted by Gasteiger charge is 2.24. The summed E-state index contributed by atoms with van der Waals surface area (Å²) in [6.07, 6.45) is 2.27. The summed E-state index contributed by atoms with van der Waals surface area (Å²) in [5, 5.41) is 4.84. The van der Waals surface area contributed by atoms with E-state index >= 15 is 0 Å². The van der Waals surface area contributed by atoms with Crippen LogP contribution in [0.1, 0.15) is 35.4 Å². The van der Waals surface area contributed by atoms with Crippen molar-refractivity contribution in [3.63, 3.8) is 0 Å². The maximum absolute atomic E-state index is 13.4. The first-order valence-corrected chi connectivity index (χ1v) is 10.4. The highest BCUT2D eigenvalue weighted by Crippen LogP contribution is 2.31. The molecule has 0 bridgehead atoms. The third-order valence-electron chi connectivity index (χ3n) is 5.49.